The molecule has 18 heavy (non-hydrogen) atoms. The molecule has 2 rings (SSSR count). The maximum absolute atomic E-state index is 5.95. The largest absolute Gasteiger partial charge is 0.492 e. The minimum absolute atomic E-state index is 0.366. The summed E-state index contributed by atoms with van der Waals surface area (Å²) in [6, 6.07) is 8.45. The number of ether oxygens (including phenoxy) is 1. The van der Waals surface area contributed by atoms with Crippen LogP contribution in [0.25, 0.3) is 0 Å². The number of nitrogens with two attached hydrogens (primary N) is 1. The lowest BCUT2D eigenvalue weighted by Crippen LogP contribution is -2.46. The van der Waals surface area contributed by atoms with E-state index in [9.17, 15) is 0 Å². The molecule has 1 saturated heterocycles. The summed E-state index contributed by atoms with van der Waals surface area (Å²) < 4.78 is 5.71. The fourth-order valence-electron chi connectivity index (χ4n) is 2.43. The predicted molar refractivity (Wildman–Crippen MR) is 75.2 cm³/mol. The van der Waals surface area contributed by atoms with Gasteiger partial charge in [0.25, 0.3) is 0 Å². The molecular weight excluding hydrogens is 248 g/mol. The second kappa shape index (κ2) is 6.41. The van der Waals surface area contributed by atoms with Crippen molar-refractivity contribution >= 4 is 11.6 Å². The van der Waals surface area contributed by atoms with Crippen LogP contribution >= 0.6 is 11.6 Å². The molecule has 0 amide bonds. The molecule has 2 N–H and O–H groups in total. The molecule has 0 bridgehead atoms. The van der Waals surface area contributed by atoms with E-state index >= 15 is 0 Å². The highest BCUT2D eigenvalue weighted by Crippen LogP contribution is 2.18. The molecule has 1 heterocycles. The molecule has 1 aliphatic rings. The van der Waals surface area contributed by atoms with Crippen molar-refractivity contribution in [3.8, 4) is 5.75 Å². The molecular formula is C14H21ClN2O. The first-order chi connectivity index (χ1) is 8.65. The van der Waals surface area contributed by atoms with Crippen LogP contribution < -0.4 is 10.5 Å². The maximum atomic E-state index is 5.95. The molecule has 0 saturated carbocycles. The third-order valence-electron chi connectivity index (χ3n) is 3.50. The molecule has 2 unspecified atom stereocenters. The smallest absolute Gasteiger partial charge is 0.120 e. The SMILES string of the molecule is CC1CC(N)CCN1CCOc1cccc(Cl)c1. The van der Waals surface area contributed by atoms with Gasteiger partial charge in [-0.1, -0.05) is 17.7 Å². The molecule has 0 aliphatic carbocycles. The van der Waals surface area contributed by atoms with Gasteiger partial charge in [-0.15, -0.1) is 0 Å². The lowest BCUT2D eigenvalue weighted by Gasteiger charge is -2.36. The Morgan fingerprint density at radius 2 is 2.33 bits per heavy atom. The highest BCUT2D eigenvalue weighted by atomic mass is 35.5. The third kappa shape index (κ3) is 3.87. The Hall–Kier alpha value is -0.770. The molecule has 0 radical (unpaired) electrons. The van der Waals surface area contributed by atoms with E-state index in [1.807, 2.05) is 24.3 Å². The maximum Gasteiger partial charge on any atom is 0.120 e. The number of piperidine rings is 1. The van der Waals surface area contributed by atoms with Gasteiger partial charge in [-0.3, -0.25) is 4.90 Å². The van der Waals surface area contributed by atoms with Crippen LogP contribution in [0, 0.1) is 0 Å². The summed E-state index contributed by atoms with van der Waals surface area (Å²) in [5, 5.41) is 0.713. The second-order valence-corrected chi connectivity index (χ2v) is 5.41. The van der Waals surface area contributed by atoms with E-state index < -0.39 is 0 Å². The Bertz CT molecular complexity index is 386. The zero-order chi connectivity index (χ0) is 13.0. The van der Waals surface area contributed by atoms with Gasteiger partial charge in [-0.25, -0.2) is 0 Å². The monoisotopic (exact) mass is 268 g/mol. The number of likely N-dealkylation sites (tertiary alicyclic amines) is 1. The average molecular weight is 269 g/mol. The molecule has 100 valence electrons. The summed E-state index contributed by atoms with van der Waals surface area (Å²) in [4.78, 5) is 2.44. The molecule has 1 fully saturated rings. The van der Waals surface area contributed by atoms with Crippen LogP contribution in [-0.2, 0) is 0 Å². The van der Waals surface area contributed by atoms with Gasteiger partial charge in [0.2, 0.25) is 0 Å². The first kappa shape index (κ1) is 13.7. The first-order valence-corrected chi connectivity index (χ1v) is 6.91. The van der Waals surface area contributed by atoms with E-state index in [1.54, 1.807) is 0 Å². The Morgan fingerprint density at radius 3 is 3.06 bits per heavy atom. The van der Waals surface area contributed by atoms with Crippen molar-refractivity contribution < 1.29 is 4.74 Å². The van der Waals surface area contributed by atoms with E-state index in [-0.39, 0.29) is 0 Å². The van der Waals surface area contributed by atoms with E-state index in [1.165, 1.54) is 0 Å². The van der Waals surface area contributed by atoms with Gasteiger partial charge in [0.15, 0.2) is 0 Å². The summed E-state index contributed by atoms with van der Waals surface area (Å²) in [7, 11) is 0. The van der Waals surface area contributed by atoms with Gasteiger partial charge in [-0.05, 0) is 38.0 Å². The number of halogens is 1. The molecule has 2 atom stereocenters. The lowest BCUT2D eigenvalue weighted by molar-refractivity contribution is 0.123. The Labute approximate surface area is 114 Å². The van der Waals surface area contributed by atoms with Crippen molar-refractivity contribution in [2.75, 3.05) is 19.7 Å². The van der Waals surface area contributed by atoms with Crippen molar-refractivity contribution in [3.63, 3.8) is 0 Å². The van der Waals surface area contributed by atoms with Gasteiger partial charge in [0.1, 0.15) is 12.4 Å². The molecule has 1 aromatic rings. The zero-order valence-electron chi connectivity index (χ0n) is 10.8. The number of hydrogen-bond donors (Lipinski definition) is 1. The Morgan fingerprint density at radius 1 is 1.50 bits per heavy atom. The Balaban J connectivity index is 1.75. The normalized spacial score (nSPS) is 25.1. The van der Waals surface area contributed by atoms with Crippen LogP contribution in [0.3, 0.4) is 0 Å². The summed E-state index contributed by atoms with van der Waals surface area (Å²) in [6.45, 7) is 4.94. The number of hydrogen-bond acceptors (Lipinski definition) is 3. The van der Waals surface area contributed by atoms with Crippen LogP contribution in [0.1, 0.15) is 19.8 Å². The lowest BCUT2D eigenvalue weighted by atomic mass is 9.99. The van der Waals surface area contributed by atoms with Crippen molar-refractivity contribution in [2.24, 2.45) is 5.73 Å². The van der Waals surface area contributed by atoms with Gasteiger partial charge in [-0.2, -0.15) is 0 Å². The summed E-state index contributed by atoms with van der Waals surface area (Å²) in [5.74, 6) is 0.837. The third-order valence-corrected chi connectivity index (χ3v) is 3.73. The van der Waals surface area contributed by atoms with Crippen LogP contribution in [0.5, 0.6) is 5.75 Å². The summed E-state index contributed by atoms with van der Waals surface area (Å²) in [5.41, 5.74) is 5.95. The number of nitrogens with zero attached hydrogens (tertiary/aromatic N) is 1. The quantitative estimate of drug-likeness (QED) is 0.912. The fourth-order valence-corrected chi connectivity index (χ4v) is 2.61. The molecule has 3 nitrogen and oxygen atoms in total. The molecule has 1 aromatic carbocycles. The summed E-state index contributed by atoms with van der Waals surface area (Å²) in [6.07, 6.45) is 2.17. The topological polar surface area (TPSA) is 38.5 Å². The van der Waals surface area contributed by atoms with Gasteiger partial charge < -0.3 is 10.5 Å². The highest BCUT2D eigenvalue weighted by Gasteiger charge is 2.22. The van der Waals surface area contributed by atoms with E-state index in [0.29, 0.717) is 23.7 Å². The van der Waals surface area contributed by atoms with Crippen LogP contribution in [-0.4, -0.2) is 36.7 Å². The van der Waals surface area contributed by atoms with E-state index in [2.05, 4.69) is 11.8 Å². The molecule has 4 heteroatoms. The van der Waals surface area contributed by atoms with Crippen LogP contribution in [0.4, 0.5) is 0 Å². The van der Waals surface area contributed by atoms with Gasteiger partial charge in [0.05, 0.1) is 0 Å². The zero-order valence-corrected chi connectivity index (χ0v) is 11.6. The standard InChI is InChI=1S/C14H21ClN2O/c1-11-9-13(16)5-6-17(11)7-8-18-14-4-2-3-12(15)10-14/h2-4,10-11,13H,5-9,16H2,1H3. The highest BCUT2D eigenvalue weighted by molar-refractivity contribution is 6.30. The summed E-state index contributed by atoms with van der Waals surface area (Å²) >= 11 is 5.91. The van der Waals surface area contributed by atoms with Crippen molar-refractivity contribution in [1.29, 1.82) is 0 Å². The first-order valence-electron chi connectivity index (χ1n) is 6.53. The van der Waals surface area contributed by atoms with Crippen molar-refractivity contribution in [1.82, 2.24) is 4.90 Å². The van der Waals surface area contributed by atoms with E-state index in [4.69, 9.17) is 22.1 Å². The predicted octanol–water partition coefficient (Wildman–Crippen LogP) is 2.53. The molecule has 0 aromatic heterocycles. The molecule has 0 spiro atoms. The van der Waals surface area contributed by atoms with Crippen molar-refractivity contribution in [3.05, 3.63) is 29.3 Å². The fraction of sp³-hybridized carbons (Fsp3) is 0.571. The van der Waals surface area contributed by atoms with E-state index in [0.717, 1.165) is 31.7 Å². The van der Waals surface area contributed by atoms with Gasteiger partial charge >= 0.3 is 0 Å². The molecule has 1 aliphatic heterocycles. The minimum atomic E-state index is 0.366. The van der Waals surface area contributed by atoms with Gasteiger partial charge in [0, 0.05) is 30.2 Å². The van der Waals surface area contributed by atoms with Crippen molar-refractivity contribution in [2.45, 2.75) is 31.8 Å². The Kier molecular flexibility index (Phi) is 4.87. The van der Waals surface area contributed by atoms with Crippen LogP contribution in [0.15, 0.2) is 24.3 Å². The number of rotatable bonds is 4. The average Bonchev–Trinajstić information content (AvgIpc) is 2.32. The second-order valence-electron chi connectivity index (χ2n) is 4.98. The minimum Gasteiger partial charge on any atom is -0.492 e. The number of benzene rings is 1. The van der Waals surface area contributed by atoms with Crippen LogP contribution in [0.2, 0.25) is 5.02 Å².